The molecule has 1 N–H and O–H groups in total. The van der Waals surface area contributed by atoms with Crippen LogP contribution in [0.2, 0.25) is 0 Å². The van der Waals surface area contributed by atoms with Crippen LogP contribution < -0.4 is 0 Å². The van der Waals surface area contributed by atoms with Crippen LogP contribution in [-0.2, 0) is 0 Å². The highest BCUT2D eigenvalue weighted by molar-refractivity contribution is 6.08. The number of aromatic nitrogens is 1. The van der Waals surface area contributed by atoms with Crippen LogP contribution in [-0.4, -0.2) is 10.8 Å². The summed E-state index contributed by atoms with van der Waals surface area (Å²) in [4.78, 5) is 15.5. The van der Waals surface area contributed by atoms with Crippen molar-refractivity contribution in [1.29, 1.82) is 5.26 Å². The lowest BCUT2D eigenvalue weighted by atomic mass is 9.78. The van der Waals surface area contributed by atoms with Gasteiger partial charge < -0.3 is 4.98 Å². The third-order valence-electron chi connectivity index (χ3n) is 4.08. The zero-order valence-electron chi connectivity index (χ0n) is 12.4. The van der Waals surface area contributed by atoms with Crippen LogP contribution >= 0.6 is 0 Å². The van der Waals surface area contributed by atoms with E-state index in [1.807, 2.05) is 6.07 Å². The van der Waals surface area contributed by atoms with Gasteiger partial charge in [0.1, 0.15) is 0 Å². The Kier molecular flexibility index (Phi) is 3.67. The van der Waals surface area contributed by atoms with Crippen molar-refractivity contribution < 1.29 is 4.79 Å². The van der Waals surface area contributed by atoms with Crippen LogP contribution in [0.3, 0.4) is 0 Å². The van der Waals surface area contributed by atoms with Gasteiger partial charge in [0.05, 0.1) is 11.6 Å². The largest absolute Gasteiger partial charge is 0.360 e. The third-order valence-corrected chi connectivity index (χ3v) is 4.08. The normalized spacial score (nSPS) is 13.2. The van der Waals surface area contributed by atoms with E-state index in [1.54, 1.807) is 18.3 Å². The Balaban J connectivity index is 2.30. The maximum Gasteiger partial charge on any atom is 0.165 e. The molecule has 0 spiro atoms. The van der Waals surface area contributed by atoms with E-state index in [1.165, 1.54) is 0 Å². The molecular weight excluding hydrogens is 248 g/mol. The molecule has 1 atom stereocenters. The molecule has 0 amide bonds. The number of nitrogens with one attached hydrogen (secondary N) is 1. The number of nitrogens with zero attached hydrogens (tertiary/aromatic N) is 1. The molecule has 2 rings (SSSR count). The van der Waals surface area contributed by atoms with Crippen LogP contribution in [0.15, 0.2) is 24.4 Å². The minimum absolute atomic E-state index is 0.121. The lowest BCUT2D eigenvalue weighted by Crippen LogP contribution is -2.20. The van der Waals surface area contributed by atoms with Gasteiger partial charge in [0.25, 0.3) is 0 Å². The molecule has 104 valence electrons. The summed E-state index contributed by atoms with van der Waals surface area (Å²) in [6.45, 7) is 8.57. The van der Waals surface area contributed by atoms with Crippen LogP contribution in [0.4, 0.5) is 0 Å². The average molecular weight is 268 g/mol. The first-order valence-corrected chi connectivity index (χ1v) is 6.87. The van der Waals surface area contributed by atoms with E-state index >= 15 is 0 Å². The molecule has 3 nitrogen and oxygen atoms in total. The number of ketones is 1. The molecule has 2 aromatic rings. The van der Waals surface area contributed by atoms with Gasteiger partial charge >= 0.3 is 0 Å². The monoisotopic (exact) mass is 268 g/mol. The summed E-state index contributed by atoms with van der Waals surface area (Å²) < 4.78 is 0. The number of nitriles is 1. The minimum atomic E-state index is 0.121. The molecule has 1 heterocycles. The molecular formula is C17H20N2O. The van der Waals surface area contributed by atoms with Gasteiger partial charge in [0, 0.05) is 29.1 Å². The van der Waals surface area contributed by atoms with Gasteiger partial charge in [0.2, 0.25) is 0 Å². The second-order valence-corrected chi connectivity index (χ2v) is 6.47. The molecule has 0 radical (unpaired) electrons. The first kappa shape index (κ1) is 14.3. The number of hydrogen-bond acceptors (Lipinski definition) is 2. The topological polar surface area (TPSA) is 56.6 Å². The van der Waals surface area contributed by atoms with Crippen molar-refractivity contribution in [2.75, 3.05) is 0 Å². The Morgan fingerprint density at radius 3 is 2.70 bits per heavy atom. The van der Waals surface area contributed by atoms with E-state index in [0.29, 0.717) is 17.9 Å². The number of aromatic amines is 1. The predicted octanol–water partition coefficient (Wildman–Crippen LogP) is 4.29. The molecule has 0 aliphatic carbocycles. The Bertz CT molecular complexity index is 683. The van der Waals surface area contributed by atoms with Gasteiger partial charge in [-0.2, -0.15) is 5.26 Å². The summed E-state index contributed by atoms with van der Waals surface area (Å²) in [6, 6.07) is 7.48. The number of H-pyrrole nitrogens is 1. The summed E-state index contributed by atoms with van der Waals surface area (Å²) in [5.41, 5.74) is 2.29. The van der Waals surface area contributed by atoms with E-state index in [4.69, 9.17) is 5.26 Å². The molecule has 1 aromatic heterocycles. The Morgan fingerprint density at radius 1 is 1.40 bits per heavy atom. The molecule has 1 aromatic carbocycles. The van der Waals surface area contributed by atoms with Gasteiger partial charge in [-0.15, -0.1) is 0 Å². The highest BCUT2D eigenvalue weighted by Gasteiger charge is 2.24. The van der Waals surface area contributed by atoms with Crippen molar-refractivity contribution in [1.82, 2.24) is 4.98 Å². The molecule has 0 saturated heterocycles. The van der Waals surface area contributed by atoms with Crippen molar-refractivity contribution in [3.8, 4) is 6.07 Å². The van der Waals surface area contributed by atoms with Crippen LogP contribution in [0.5, 0.6) is 0 Å². The smallest absolute Gasteiger partial charge is 0.165 e. The Labute approximate surface area is 119 Å². The highest BCUT2D eigenvalue weighted by Crippen LogP contribution is 2.30. The molecule has 1 unspecified atom stereocenters. The van der Waals surface area contributed by atoms with Crippen molar-refractivity contribution in [2.24, 2.45) is 11.3 Å². The molecule has 0 fully saturated rings. The number of Topliss-reactive ketones (excluding diaryl/α,β-unsaturated/α-hetero) is 1. The quantitative estimate of drug-likeness (QED) is 0.844. The molecule has 0 aliphatic rings. The molecule has 0 bridgehead atoms. The second kappa shape index (κ2) is 5.13. The fraction of sp³-hybridized carbons (Fsp3) is 0.412. The maximum absolute atomic E-state index is 12.4. The highest BCUT2D eigenvalue weighted by atomic mass is 16.1. The number of carbonyl (C=O) groups excluding carboxylic acids is 1. The number of hydrogen-bond donors (Lipinski definition) is 1. The van der Waals surface area contributed by atoms with Crippen molar-refractivity contribution >= 4 is 16.7 Å². The van der Waals surface area contributed by atoms with Crippen molar-refractivity contribution in [2.45, 2.75) is 34.1 Å². The summed E-state index contributed by atoms with van der Waals surface area (Å²) in [6.07, 6.45) is 2.29. The minimum Gasteiger partial charge on any atom is -0.360 e. The fourth-order valence-electron chi connectivity index (χ4n) is 2.12. The van der Waals surface area contributed by atoms with Crippen LogP contribution in [0.1, 0.15) is 50.0 Å². The summed E-state index contributed by atoms with van der Waals surface area (Å²) in [5.74, 6) is 0.474. The Hall–Kier alpha value is -2.08. The number of benzene rings is 1. The van der Waals surface area contributed by atoms with Gasteiger partial charge in [-0.3, -0.25) is 4.79 Å². The standard InChI is InChI=1S/C17H20N2O/c1-11(17(2,3)4)7-16(20)14-10-19-15-8-12(9-18)5-6-13(14)15/h5-6,8,10-11,19H,7H2,1-4H3. The number of rotatable bonds is 3. The first-order valence-electron chi connectivity index (χ1n) is 6.87. The van der Waals surface area contributed by atoms with Gasteiger partial charge in [-0.25, -0.2) is 0 Å². The van der Waals surface area contributed by atoms with Gasteiger partial charge in [-0.1, -0.05) is 33.8 Å². The first-order chi connectivity index (χ1) is 9.32. The zero-order chi connectivity index (χ0) is 14.9. The maximum atomic E-state index is 12.4. The molecule has 20 heavy (non-hydrogen) atoms. The average Bonchev–Trinajstić information content (AvgIpc) is 2.80. The summed E-state index contributed by atoms with van der Waals surface area (Å²) in [5, 5.41) is 9.79. The van der Waals surface area contributed by atoms with E-state index in [2.05, 4.69) is 38.7 Å². The predicted molar refractivity (Wildman–Crippen MR) is 80.6 cm³/mol. The number of carbonyl (C=O) groups is 1. The zero-order valence-corrected chi connectivity index (χ0v) is 12.4. The Morgan fingerprint density at radius 2 is 2.10 bits per heavy atom. The lowest BCUT2D eigenvalue weighted by molar-refractivity contribution is 0.0929. The summed E-state index contributed by atoms with van der Waals surface area (Å²) in [7, 11) is 0. The fourth-order valence-corrected chi connectivity index (χ4v) is 2.12. The van der Waals surface area contributed by atoms with E-state index < -0.39 is 0 Å². The van der Waals surface area contributed by atoms with Crippen molar-refractivity contribution in [3.05, 3.63) is 35.5 Å². The van der Waals surface area contributed by atoms with Gasteiger partial charge in [0.15, 0.2) is 5.78 Å². The molecule has 3 heteroatoms. The summed E-state index contributed by atoms with van der Waals surface area (Å²) >= 11 is 0. The van der Waals surface area contributed by atoms with E-state index in [0.717, 1.165) is 16.5 Å². The van der Waals surface area contributed by atoms with E-state index in [9.17, 15) is 4.79 Å². The second-order valence-electron chi connectivity index (χ2n) is 6.47. The SMILES string of the molecule is CC(CC(=O)c1c[nH]c2cc(C#N)ccc12)C(C)(C)C. The molecule has 0 saturated carbocycles. The lowest BCUT2D eigenvalue weighted by Gasteiger charge is -2.26. The van der Waals surface area contributed by atoms with Crippen LogP contribution in [0.25, 0.3) is 10.9 Å². The number of fused-ring (bicyclic) bond motifs is 1. The van der Waals surface area contributed by atoms with Crippen LogP contribution in [0, 0.1) is 22.7 Å². The van der Waals surface area contributed by atoms with E-state index in [-0.39, 0.29) is 11.2 Å². The molecule has 0 aliphatic heterocycles. The third kappa shape index (κ3) is 2.75. The van der Waals surface area contributed by atoms with Gasteiger partial charge in [-0.05, 0) is 23.5 Å². The van der Waals surface area contributed by atoms with Crippen molar-refractivity contribution in [3.63, 3.8) is 0 Å².